The van der Waals surface area contributed by atoms with Crippen molar-refractivity contribution in [2.24, 2.45) is 11.8 Å². The van der Waals surface area contributed by atoms with Crippen LogP contribution in [0.3, 0.4) is 0 Å². The Kier molecular flexibility index (Phi) is 17.4. The highest BCUT2D eigenvalue weighted by molar-refractivity contribution is 9.10. The maximum atomic E-state index is 12.6. The fourth-order valence-corrected chi connectivity index (χ4v) is 6.18. The summed E-state index contributed by atoms with van der Waals surface area (Å²) in [6.07, 6.45) is 10.5. The van der Waals surface area contributed by atoms with Gasteiger partial charge in [-0.2, -0.15) is 0 Å². The van der Waals surface area contributed by atoms with Crippen LogP contribution in [0, 0.1) is 11.8 Å². The zero-order valence-corrected chi connectivity index (χ0v) is 31.1. The number of aromatic nitrogens is 2. The summed E-state index contributed by atoms with van der Waals surface area (Å²) in [5.74, 6) is 0.727. The van der Waals surface area contributed by atoms with E-state index < -0.39 is 0 Å². The fourth-order valence-electron chi connectivity index (χ4n) is 5.65. The number of carbonyl (C=O) groups excluding carboxylic acids is 2. The summed E-state index contributed by atoms with van der Waals surface area (Å²) in [6.45, 7) is 13.3. The molecule has 9 heteroatoms. The van der Waals surface area contributed by atoms with Gasteiger partial charge in [0.05, 0.1) is 6.33 Å². The number of carbonyl (C=O) groups is 2. The second kappa shape index (κ2) is 20.9. The number of benzene rings is 2. The first-order chi connectivity index (χ1) is 22.2. The summed E-state index contributed by atoms with van der Waals surface area (Å²) in [5.41, 5.74) is 2.23. The van der Waals surface area contributed by atoms with Crippen molar-refractivity contribution in [1.29, 1.82) is 0 Å². The SMILES string of the molecule is CC(C)C(=O)[C@H](CCNC1CCOCC1)c1ccc(Br)cc1.CC(C)C(=O)[C@H](CCNCCCn1ccnc1)c1ccc(Br)cc1. The van der Waals surface area contributed by atoms with Gasteiger partial charge in [-0.1, -0.05) is 83.8 Å². The smallest absolute Gasteiger partial charge is 0.142 e. The number of ketones is 2. The quantitative estimate of drug-likeness (QED) is 0.136. The second-order valence-corrected chi connectivity index (χ2v) is 14.5. The van der Waals surface area contributed by atoms with E-state index in [1.54, 1.807) is 6.20 Å². The van der Waals surface area contributed by atoms with Crippen LogP contribution < -0.4 is 10.6 Å². The van der Waals surface area contributed by atoms with Gasteiger partial charge >= 0.3 is 0 Å². The number of hydrogen-bond acceptors (Lipinski definition) is 6. The Morgan fingerprint density at radius 3 is 1.83 bits per heavy atom. The Labute approximate surface area is 292 Å². The molecule has 1 saturated heterocycles. The number of aryl methyl sites for hydroxylation is 1. The second-order valence-electron chi connectivity index (χ2n) is 12.6. The molecule has 1 aliphatic heterocycles. The van der Waals surface area contributed by atoms with Crippen LogP contribution in [0.2, 0.25) is 0 Å². The van der Waals surface area contributed by atoms with E-state index in [9.17, 15) is 9.59 Å². The van der Waals surface area contributed by atoms with Gasteiger partial charge in [0, 0.05) is 70.8 Å². The number of Topliss-reactive ketones (excluding diaryl/α,β-unsaturated/α-hetero) is 2. The van der Waals surface area contributed by atoms with Gasteiger partial charge in [0.15, 0.2) is 0 Å². The topological polar surface area (TPSA) is 85.2 Å². The van der Waals surface area contributed by atoms with Crippen molar-refractivity contribution in [3.8, 4) is 0 Å². The first-order valence-corrected chi connectivity index (χ1v) is 18.3. The third-order valence-corrected chi connectivity index (χ3v) is 9.45. The van der Waals surface area contributed by atoms with Gasteiger partial charge in [-0.05, 0) is 87.1 Å². The Bertz CT molecular complexity index is 1270. The Morgan fingerprint density at radius 2 is 1.35 bits per heavy atom. The van der Waals surface area contributed by atoms with E-state index >= 15 is 0 Å². The maximum absolute atomic E-state index is 12.6. The van der Waals surface area contributed by atoms with Gasteiger partial charge in [-0.3, -0.25) is 9.59 Å². The van der Waals surface area contributed by atoms with Crippen LogP contribution in [0.25, 0.3) is 0 Å². The van der Waals surface area contributed by atoms with Crippen molar-refractivity contribution in [2.75, 3.05) is 32.8 Å². The largest absolute Gasteiger partial charge is 0.381 e. The molecule has 0 aliphatic carbocycles. The molecule has 46 heavy (non-hydrogen) atoms. The lowest BCUT2D eigenvalue weighted by molar-refractivity contribution is -0.124. The fraction of sp³-hybridized carbons (Fsp3) is 0.541. The van der Waals surface area contributed by atoms with Crippen LogP contribution in [0.5, 0.6) is 0 Å². The molecule has 1 aliphatic rings. The van der Waals surface area contributed by atoms with Crippen molar-refractivity contribution < 1.29 is 14.3 Å². The predicted octanol–water partition coefficient (Wildman–Crippen LogP) is 7.94. The van der Waals surface area contributed by atoms with Crippen LogP contribution >= 0.6 is 31.9 Å². The van der Waals surface area contributed by atoms with Gasteiger partial charge in [0.1, 0.15) is 11.6 Å². The summed E-state index contributed by atoms with van der Waals surface area (Å²) < 4.78 is 9.55. The first-order valence-electron chi connectivity index (χ1n) is 16.7. The van der Waals surface area contributed by atoms with Crippen LogP contribution in [-0.2, 0) is 20.9 Å². The van der Waals surface area contributed by atoms with Crippen LogP contribution in [0.4, 0.5) is 0 Å². The summed E-state index contributed by atoms with van der Waals surface area (Å²) in [6, 6.07) is 16.8. The molecule has 0 amide bonds. The lowest BCUT2D eigenvalue weighted by Crippen LogP contribution is -2.36. The van der Waals surface area contributed by atoms with E-state index in [0.29, 0.717) is 17.6 Å². The van der Waals surface area contributed by atoms with Gasteiger partial charge in [-0.15, -0.1) is 0 Å². The first kappa shape index (κ1) is 38.3. The molecule has 2 aromatic carbocycles. The van der Waals surface area contributed by atoms with E-state index in [0.717, 1.165) is 91.6 Å². The number of rotatable bonds is 17. The number of imidazole rings is 1. The predicted molar refractivity (Wildman–Crippen MR) is 194 cm³/mol. The standard InChI is InChI=1S/C19H26BrN3O.C18H26BrNO2/c1-15(2)19(24)18(16-4-6-17(20)7-5-16)8-10-21-9-3-12-23-13-11-22-14-23;1-13(2)18(21)17(14-3-5-15(19)6-4-14)7-10-20-16-8-11-22-12-9-16/h4-7,11,13-15,18,21H,3,8-10,12H2,1-2H3;3-6,13,16-17,20H,7-12H2,1-2H3/t18-;17-/m11/s1. The van der Waals surface area contributed by atoms with Crippen molar-refractivity contribution in [1.82, 2.24) is 20.2 Å². The molecule has 0 radical (unpaired) electrons. The molecule has 2 heterocycles. The average molecular weight is 761 g/mol. The van der Waals surface area contributed by atoms with Crippen molar-refractivity contribution in [2.45, 2.75) is 84.2 Å². The van der Waals surface area contributed by atoms with Crippen molar-refractivity contribution in [3.05, 3.63) is 87.3 Å². The van der Waals surface area contributed by atoms with Crippen molar-refractivity contribution >= 4 is 43.4 Å². The van der Waals surface area contributed by atoms with E-state index in [4.69, 9.17) is 4.74 Å². The van der Waals surface area contributed by atoms with Gasteiger partial charge < -0.3 is 19.9 Å². The zero-order valence-electron chi connectivity index (χ0n) is 27.9. The Balaban J connectivity index is 0.000000251. The van der Waals surface area contributed by atoms with Crippen LogP contribution in [0.1, 0.15) is 82.8 Å². The van der Waals surface area contributed by atoms with Crippen LogP contribution in [0.15, 0.2) is 76.2 Å². The number of hydrogen-bond donors (Lipinski definition) is 2. The Morgan fingerprint density at radius 1 is 0.826 bits per heavy atom. The minimum absolute atomic E-state index is 0.0135. The number of halogens is 2. The van der Waals surface area contributed by atoms with E-state index in [-0.39, 0.29) is 23.7 Å². The van der Waals surface area contributed by atoms with Crippen LogP contribution in [-0.4, -0.2) is 60.0 Å². The molecule has 1 aromatic heterocycles. The molecule has 4 rings (SSSR count). The third-order valence-electron chi connectivity index (χ3n) is 8.40. The monoisotopic (exact) mass is 758 g/mol. The molecule has 3 aromatic rings. The molecule has 0 unspecified atom stereocenters. The maximum Gasteiger partial charge on any atom is 0.142 e. The zero-order chi connectivity index (χ0) is 33.3. The molecule has 0 bridgehead atoms. The lowest BCUT2D eigenvalue weighted by atomic mass is 9.86. The molecule has 1 fully saturated rings. The van der Waals surface area contributed by atoms with Gasteiger partial charge in [-0.25, -0.2) is 4.98 Å². The Hall–Kier alpha value is -2.17. The summed E-state index contributed by atoms with van der Waals surface area (Å²) >= 11 is 6.91. The average Bonchev–Trinajstić information content (AvgIpc) is 3.58. The van der Waals surface area contributed by atoms with E-state index in [1.165, 1.54) is 0 Å². The molecule has 252 valence electrons. The molecular weight excluding hydrogens is 708 g/mol. The van der Waals surface area contributed by atoms with E-state index in [2.05, 4.69) is 64.2 Å². The van der Waals surface area contributed by atoms with Crippen molar-refractivity contribution in [3.63, 3.8) is 0 Å². The molecule has 7 nitrogen and oxygen atoms in total. The number of nitrogens with zero attached hydrogens (tertiary/aromatic N) is 2. The number of ether oxygens (including phenoxy) is 1. The summed E-state index contributed by atoms with van der Waals surface area (Å²) in [4.78, 5) is 29.1. The van der Waals surface area contributed by atoms with Gasteiger partial charge in [0.25, 0.3) is 0 Å². The minimum atomic E-state index is -0.0285. The molecule has 2 atom stereocenters. The lowest BCUT2D eigenvalue weighted by Gasteiger charge is -2.25. The highest BCUT2D eigenvalue weighted by Crippen LogP contribution is 2.27. The molecule has 0 saturated carbocycles. The normalized spacial score (nSPS) is 15.0. The number of nitrogens with one attached hydrogen (secondary N) is 2. The molecule has 2 N–H and O–H groups in total. The third kappa shape index (κ3) is 13.5. The van der Waals surface area contributed by atoms with E-state index in [1.807, 2.05) is 76.6 Å². The molecule has 0 spiro atoms. The summed E-state index contributed by atoms with van der Waals surface area (Å²) in [5, 5.41) is 7.04. The molecular formula is C37H52Br2N4O3. The minimum Gasteiger partial charge on any atom is -0.381 e. The van der Waals surface area contributed by atoms with Gasteiger partial charge in [0.2, 0.25) is 0 Å². The highest BCUT2D eigenvalue weighted by Gasteiger charge is 2.24. The summed E-state index contributed by atoms with van der Waals surface area (Å²) in [7, 11) is 0. The highest BCUT2D eigenvalue weighted by atomic mass is 79.9.